The van der Waals surface area contributed by atoms with Crippen molar-refractivity contribution in [3.05, 3.63) is 35.9 Å². The van der Waals surface area contributed by atoms with Crippen LogP contribution in [0.25, 0.3) is 0 Å². The molecule has 13 heavy (non-hydrogen) atoms. The minimum Gasteiger partial charge on any atom is -0.300 e. The SMILES string of the molecule is CC(=O)[C@@H]1[C@@H](C)[C@H]1c1ccccc1. The van der Waals surface area contributed by atoms with Crippen molar-refractivity contribution in [2.45, 2.75) is 19.8 Å². The molecule has 1 heteroatoms. The van der Waals surface area contributed by atoms with Crippen molar-refractivity contribution < 1.29 is 4.79 Å². The van der Waals surface area contributed by atoms with Crippen LogP contribution in [0.1, 0.15) is 25.3 Å². The lowest BCUT2D eigenvalue weighted by molar-refractivity contribution is -0.118. The Morgan fingerprint density at radius 2 is 1.85 bits per heavy atom. The summed E-state index contributed by atoms with van der Waals surface area (Å²) in [7, 11) is 0. The van der Waals surface area contributed by atoms with Crippen molar-refractivity contribution in [3.8, 4) is 0 Å². The first-order chi connectivity index (χ1) is 6.22. The lowest BCUT2D eigenvalue weighted by Crippen LogP contribution is -1.95. The molecule has 0 saturated heterocycles. The quantitative estimate of drug-likeness (QED) is 0.673. The van der Waals surface area contributed by atoms with E-state index in [9.17, 15) is 4.79 Å². The number of carbonyl (C=O) groups is 1. The van der Waals surface area contributed by atoms with Crippen LogP contribution in [0.2, 0.25) is 0 Å². The fourth-order valence-electron chi connectivity index (χ4n) is 2.27. The molecule has 68 valence electrons. The van der Waals surface area contributed by atoms with Gasteiger partial charge in [0.05, 0.1) is 0 Å². The molecule has 0 N–H and O–H groups in total. The highest BCUT2D eigenvalue weighted by molar-refractivity contribution is 5.83. The normalized spacial score (nSPS) is 31.4. The third kappa shape index (κ3) is 1.39. The predicted octanol–water partition coefficient (Wildman–Crippen LogP) is 2.63. The molecule has 0 radical (unpaired) electrons. The van der Waals surface area contributed by atoms with Crippen molar-refractivity contribution in [1.29, 1.82) is 0 Å². The van der Waals surface area contributed by atoms with E-state index in [-0.39, 0.29) is 5.92 Å². The molecule has 1 aromatic carbocycles. The third-order valence-electron chi connectivity index (χ3n) is 3.03. The van der Waals surface area contributed by atoms with Crippen LogP contribution in [-0.4, -0.2) is 5.78 Å². The summed E-state index contributed by atoms with van der Waals surface area (Å²) < 4.78 is 0. The van der Waals surface area contributed by atoms with Gasteiger partial charge < -0.3 is 0 Å². The monoisotopic (exact) mass is 174 g/mol. The molecule has 0 bridgehead atoms. The number of hydrogen-bond donors (Lipinski definition) is 0. The van der Waals surface area contributed by atoms with Crippen molar-refractivity contribution in [3.63, 3.8) is 0 Å². The predicted molar refractivity (Wildman–Crippen MR) is 52.5 cm³/mol. The molecular formula is C12H14O. The van der Waals surface area contributed by atoms with Crippen LogP contribution in [0.4, 0.5) is 0 Å². The van der Waals surface area contributed by atoms with Gasteiger partial charge in [0.1, 0.15) is 5.78 Å². The van der Waals surface area contributed by atoms with Crippen LogP contribution in [0, 0.1) is 11.8 Å². The summed E-state index contributed by atoms with van der Waals surface area (Å²) in [4.78, 5) is 11.2. The molecule has 0 amide bonds. The molecule has 1 saturated carbocycles. The van der Waals surface area contributed by atoms with Crippen molar-refractivity contribution in [2.24, 2.45) is 11.8 Å². The van der Waals surface area contributed by atoms with Crippen LogP contribution in [0.15, 0.2) is 30.3 Å². The van der Waals surface area contributed by atoms with Gasteiger partial charge >= 0.3 is 0 Å². The van der Waals surface area contributed by atoms with E-state index in [1.165, 1.54) is 5.56 Å². The number of hydrogen-bond acceptors (Lipinski definition) is 1. The first-order valence-corrected chi connectivity index (χ1v) is 4.77. The summed E-state index contributed by atoms with van der Waals surface area (Å²) >= 11 is 0. The third-order valence-corrected chi connectivity index (χ3v) is 3.03. The van der Waals surface area contributed by atoms with Crippen LogP contribution < -0.4 is 0 Å². The zero-order valence-electron chi connectivity index (χ0n) is 8.03. The number of rotatable bonds is 2. The fourth-order valence-corrected chi connectivity index (χ4v) is 2.27. The first kappa shape index (κ1) is 8.49. The average Bonchev–Trinajstić information content (AvgIpc) is 2.79. The van der Waals surface area contributed by atoms with Gasteiger partial charge in [0.2, 0.25) is 0 Å². The van der Waals surface area contributed by atoms with E-state index < -0.39 is 0 Å². The van der Waals surface area contributed by atoms with Crippen molar-refractivity contribution in [1.82, 2.24) is 0 Å². The van der Waals surface area contributed by atoms with E-state index >= 15 is 0 Å². The Morgan fingerprint density at radius 1 is 1.23 bits per heavy atom. The van der Waals surface area contributed by atoms with E-state index in [0.29, 0.717) is 17.6 Å². The average molecular weight is 174 g/mol. The largest absolute Gasteiger partial charge is 0.300 e. The van der Waals surface area contributed by atoms with Gasteiger partial charge in [0.25, 0.3) is 0 Å². The first-order valence-electron chi connectivity index (χ1n) is 4.77. The Bertz CT molecular complexity index is 315. The lowest BCUT2D eigenvalue weighted by atomic mass is 10.1. The molecule has 0 aliphatic heterocycles. The van der Waals surface area contributed by atoms with Crippen LogP contribution in [0.3, 0.4) is 0 Å². The maximum Gasteiger partial charge on any atom is 0.133 e. The number of carbonyl (C=O) groups excluding carboxylic acids is 1. The Balaban J connectivity index is 2.18. The van der Waals surface area contributed by atoms with Gasteiger partial charge in [-0.1, -0.05) is 37.3 Å². The summed E-state index contributed by atoms with van der Waals surface area (Å²) in [5.74, 6) is 1.64. The number of ketones is 1. The summed E-state index contributed by atoms with van der Waals surface area (Å²) in [6.07, 6.45) is 0. The minimum absolute atomic E-state index is 0.280. The second-order valence-electron chi connectivity index (χ2n) is 3.93. The highest BCUT2D eigenvalue weighted by atomic mass is 16.1. The van der Waals surface area contributed by atoms with Gasteiger partial charge in [-0.2, -0.15) is 0 Å². The maximum atomic E-state index is 11.2. The topological polar surface area (TPSA) is 17.1 Å². The summed E-state index contributed by atoms with van der Waals surface area (Å²) in [5.41, 5.74) is 1.32. The van der Waals surface area contributed by atoms with Gasteiger partial charge in [-0.15, -0.1) is 0 Å². The van der Waals surface area contributed by atoms with Gasteiger partial charge in [-0.25, -0.2) is 0 Å². The van der Waals surface area contributed by atoms with E-state index in [4.69, 9.17) is 0 Å². The molecule has 1 nitrogen and oxygen atoms in total. The summed E-state index contributed by atoms with van der Waals surface area (Å²) in [5, 5.41) is 0. The Kier molecular flexibility index (Phi) is 1.95. The zero-order valence-corrected chi connectivity index (χ0v) is 8.03. The van der Waals surface area contributed by atoms with E-state index in [1.807, 2.05) is 18.2 Å². The van der Waals surface area contributed by atoms with Crippen molar-refractivity contribution >= 4 is 5.78 Å². The van der Waals surface area contributed by atoms with E-state index in [0.717, 1.165) is 0 Å². The highest BCUT2D eigenvalue weighted by Gasteiger charge is 2.50. The van der Waals surface area contributed by atoms with Crippen molar-refractivity contribution in [2.75, 3.05) is 0 Å². The van der Waals surface area contributed by atoms with Gasteiger partial charge in [0.15, 0.2) is 0 Å². The molecule has 1 aliphatic rings. The van der Waals surface area contributed by atoms with E-state index in [1.54, 1.807) is 6.92 Å². The molecular weight excluding hydrogens is 160 g/mol. The van der Waals surface area contributed by atoms with Crippen LogP contribution >= 0.6 is 0 Å². The standard InChI is InChI=1S/C12H14O/c1-8-11(9(2)13)12(8)10-6-4-3-5-7-10/h3-8,11-12H,1-2H3/t8-,11+,12+/m1/s1. The molecule has 0 spiro atoms. The molecule has 3 atom stereocenters. The number of Topliss-reactive ketones (excluding diaryl/α,β-unsaturated/α-hetero) is 1. The highest BCUT2D eigenvalue weighted by Crippen LogP contribution is 2.53. The minimum atomic E-state index is 0.280. The molecule has 1 aliphatic carbocycles. The van der Waals surface area contributed by atoms with Crippen LogP contribution in [0.5, 0.6) is 0 Å². The van der Waals surface area contributed by atoms with Gasteiger partial charge in [-0.3, -0.25) is 4.79 Å². The molecule has 0 unspecified atom stereocenters. The molecule has 0 aromatic heterocycles. The smallest absolute Gasteiger partial charge is 0.133 e. The van der Waals surface area contributed by atoms with E-state index in [2.05, 4.69) is 19.1 Å². The molecule has 0 heterocycles. The number of benzene rings is 1. The summed E-state index contributed by atoms with van der Waals surface area (Å²) in [6.45, 7) is 3.86. The second-order valence-corrected chi connectivity index (χ2v) is 3.93. The molecule has 2 rings (SSSR count). The molecule has 1 fully saturated rings. The fraction of sp³-hybridized carbons (Fsp3) is 0.417. The Labute approximate surface area is 78.8 Å². The molecule has 1 aromatic rings. The zero-order chi connectivity index (χ0) is 9.42. The van der Waals surface area contributed by atoms with Crippen LogP contribution in [-0.2, 0) is 4.79 Å². The lowest BCUT2D eigenvalue weighted by Gasteiger charge is -1.96. The van der Waals surface area contributed by atoms with Gasteiger partial charge in [-0.05, 0) is 24.3 Å². The Hall–Kier alpha value is -1.11. The summed E-state index contributed by atoms with van der Waals surface area (Å²) in [6, 6.07) is 10.3. The Morgan fingerprint density at radius 3 is 2.31 bits per heavy atom. The van der Waals surface area contributed by atoms with Gasteiger partial charge in [0, 0.05) is 5.92 Å². The second kappa shape index (κ2) is 2.99. The maximum absolute atomic E-state index is 11.2.